The Kier molecular flexibility index (Phi) is 3.88. The predicted molar refractivity (Wildman–Crippen MR) is 78.8 cm³/mol. The highest BCUT2D eigenvalue weighted by Gasteiger charge is 2.34. The molecule has 0 bridgehead atoms. The van der Waals surface area contributed by atoms with E-state index in [1.165, 1.54) is 12.0 Å². The number of ketones is 1. The molecule has 0 saturated carbocycles. The number of carbonyl (C=O) groups is 1. The van der Waals surface area contributed by atoms with Crippen molar-refractivity contribution < 1.29 is 9.53 Å². The van der Waals surface area contributed by atoms with Gasteiger partial charge in [0.25, 0.3) is 0 Å². The summed E-state index contributed by atoms with van der Waals surface area (Å²) in [6.45, 7) is 1.07. The summed E-state index contributed by atoms with van der Waals surface area (Å²) in [7, 11) is 1.68. The molecule has 0 aromatic heterocycles. The second kappa shape index (κ2) is 5.80. The first-order chi connectivity index (χ1) is 9.78. The number of rotatable bonds is 2. The topological polar surface area (TPSA) is 29.5 Å². The number of Topliss-reactive ketones (excluding diaryl/α,β-unsaturated/α-hetero) is 1. The van der Waals surface area contributed by atoms with Gasteiger partial charge in [0.2, 0.25) is 0 Å². The van der Waals surface area contributed by atoms with E-state index >= 15 is 0 Å². The van der Waals surface area contributed by atoms with Crippen molar-refractivity contribution in [1.82, 2.24) is 4.90 Å². The zero-order valence-electron chi connectivity index (χ0n) is 11.9. The maximum atomic E-state index is 12.1. The molecule has 1 aromatic rings. The molecular weight excluding hydrogens is 250 g/mol. The Bertz CT molecular complexity index is 506. The van der Waals surface area contributed by atoms with Crippen molar-refractivity contribution in [3.05, 3.63) is 42.0 Å². The molecule has 2 aliphatic heterocycles. The number of carbonyl (C=O) groups excluding carboxylic acids is 1. The Morgan fingerprint density at radius 3 is 2.75 bits per heavy atom. The maximum absolute atomic E-state index is 12.1. The molecule has 0 N–H and O–H groups in total. The number of fused-ring (bicyclic) bond motifs is 1. The number of hydrogen-bond acceptors (Lipinski definition) is 3. The fraction of sp³-hybridized carbons (Fsp3) is 0.471. The van der Waals surface area contributed by atoms with Crippen molar-refractivity contribution in [2.24, 2.45) is 0 Å². The van der Waals surface area contributed by atoms with Crippen LogP contribution in [0.2, 0.25) is 0 Å². The summed E-state index contributed by atoms with van der Waals surface area (Å²) < 4.78 is 5.21. The van der Waals surface area contributed by atoms with Crippen LogP contribution >= 0.6 is 0 Å². The summed E-state index contributed by atoms with van der Waals surface area (Å²) >= 11 is 0. The third-order valence-electron chi connectivity index (χ3n) is 4.33. The van der Waals surface area contributed by atoms with Gasteiger partial charge >= 0.3 is 0 Å². The number of benzene rings is 1. The first kappa shape index (κ1) is 13.4. The molecule has 0 amide bonds. The first-order valence-corrected chi connectivity index (χ1v) is 7.36. The van der Waals surface area contributed by atoms with Gasteiger partial charge < -0.3 is 4.74 Å². The van der Waals surface area contributed by atoms with Gasteiger partial charge in [-0.15, -0.1) is 0 Å². The van der Waals surface area contributed by atoms with Crippen LogP contribution in [0.15, 0.2) is 36.4 Å². The van der Waals surface area contributed by atoms with Crippen LogP contribution in [0.4, 0.5) is 0 Å². The summed E-state index contributed by atoms with van der Waals surface area (Å²) in [5, 5.41) is 0. The lowest BCUT2D eigenvalue weighted by Gasteiger charge is -2.40. The van der Waals surface area contributed by atoms with Gasteiger partial charge in [0.15, 0.2) is 0 Å². The molecule has 2 aliphatic rings. The van der Waals surface area contributed by atoms with Gasteiger partial charge in [-0.2, -0.15) is 0 Å². The zero-order valence-corrected chi connectivity index (χ0v) is 11.9. The lowest BCUT2D eigenvalue weighted by atomic mass is 9.90. The van der Waals surface area contributed by atoms with Crippen molar-refractivity contribution in [3.8, 4) is 5.75 Å². The lowest BCUT2D eigenvalue weighted by Crippen LogP contribution is -2.43. The lowest BCUT2D eigenvalue weighted by molar-refractivity contribution is -0.124. The van der Waals surface area contributed by atoms with E-state index in [1.54, 1.807) is 7.11 Å². The molecule has 2 atom stereocenters. The van der Waals surface area contributed by atoms with Gasteiger partial charge in [-0.1, -0.05) is 24.3 Å². The minimum atomic E-state index is 0.218. The second-order valence-corrected chi connectivity index (χ2v) is 5.61. The van der Waals surface area contributed by atoms with Gasteiger partial charge in [0.05, 0.1) is 7.11 Å². The molecule has 2 heterocycles. The highest BCUT2D eigenvalue weighted by Crippen LogP contribution is 2.35. The largest absolute Gasteiger partial charge is 0.497 e. The summed E-state index contributed by atoms with van der Waals surface area (Å²) in [5.74, 6) is 1.24. The molecule has 0 radical (unpaired) electrons. The average molecular weight is 271 g/mol. The van der Waals surface area contributed by atoms with Crippen molar-refractivity contribution in [3.63, 3.8) is 0 Å². The molecular formula is C17H21NO2. The fourth-order valence-electron chi connectivity index (χ4n) is 3.28. The van der Waals surface area contributed by atoms with Gasteiger partial charge in [0.1, 0.15) is 11.5 Å². The van der Waals surface area contributed by atoms with E-state index in [0.717, 1.165) is 18.7 Å². The Morgan fingerprint density at radius 2 is 2.00 bits per heavy atom. The predicted octanol–water partition coefficient (Wildman–Crippen LogP) is 3.12. The van der Waals surface area contributed by atoms with Crippen molar-refractivity contribution in [2.45, 2.75) is 37.8 Å². The molecule has 0 aliphatic carbocycles. The molecule has 0 spiro atoms. The maximum Gasteiger partial charge on any atom is 0.136 e. The van der Waals surface area contributed by atoms with Crippen LogP contribution in [0, 0.1) is 0 Å². The van der Waals surface area contributed by atoms with Gasteiger partial charge in [0, 0.05) is 24.9 Å². The van der Waals surface area contributed by atoms with Crippen LogP contribution in [0.1, 0.15) is 37.3 Å². The molecule has 1 aromatic carbocycles. The monoisotopic (exact) mass is 271 g/mol. The van der Waals surface area contributed by atoms with Crippen LogP contribution in [0.5, 0.6) is 5.75 Å². The smallest absolute Gasteiger partial charge is 0.136 e. The van der Waals surface area contributed by atoms with Crippen LogP contribution < -0.4 is 4.74 Å². The third-order valence-corrected chi connectivity index (χ3v) is 4.33. The van der Waals surface area contributed by atoms with E-state index in [4.69, 9.17) is 4.74 Å². The molecule has 106 valence electrons. The number of piperidine rings is 1. The van der Waals surface area contributed by atoms with Crippen molar-refractivity contribution in [2.75, 3.05) is 13.7 Å². The second-order valence-electron chi connectivity index (χ2n) is 5.61. The van der Waals surface area contributed by atoms with E-state index in [9.17, 15) is 4.79 Å². The molecule has 3 nitrogen and oxygen atoms in total. The number of allylic oxidation sites excluding steroid dienone is 1. The number of hydrogen-bond donors (Lipinski definition) is 0. The van der Waals surface area contributed by atoms with Crippen molar-refractivity contribution >= 4 is 5.78 Å². The molecule has 20 heavy (non-hydrogen) atoms. The van der Waals surface area contributed by atoms with Crippen LogP contribution in [0.25, 0.3) is 0 Å². The summed E-state index contributed by atoms with van der Waals surface area (Å²) in [4.78, 5) is 14.5. The first-order valence-electron chi connectivity index (χ1n) is 7.36. The van der Waals surface area contributed by atoms with Gasteiger partial charge in [-0.05, 0) is 37.1 Å². The SMILES string of the molecule is COc1ccc([C@@H]2CC(=O)C[C@H]3C=CCCCN32)cc1. The third kappa shape index (κ3) is 2.63. The average Bonchev–Trinajstić information content (AvgIpc) is 2.71. The Balaban J connectivity index is 1.88. The Labute approximate surface area is 120 Å². The van der Waals surface area contributed by atoms with Crippen LogP contribution in [0.3, 0.4) is 0 Å². The molecule has 0 unspecified atom stereocenters. The minimum Gasteiger partial charge on any atom is -0.497 e. The van der Waals surface area contributed by atoms with E-state index in [2.05, 4.69) is 29.2 Å². The molecule has 3 heteroatoms. The van der Waals surface area contributed by atoms with Crippen LogP contribution in [-0.4, -0.2) is 30.4 Å². The standard InChI is InChI=1S/C17H21NO2/c1-20-16-8-6-13(7-9-16)17-12-15(19)11-14-5-3-2-4-10-18(14)17/h3,5-9,14,17H,2,4,10-12H2,1H3/t14-,17+/m1/s1. The summed E-state index contributed by atoms with van der Waals surface area (Å²) in [5.41, 5.74) is 1.22. The quantitative estimate of drug-likeness (QED) is 0.774. The van der Waals surface area contributed by atoms with Gasteiger partial charge in [-0.3, -0.25) is 9.69 Å². The van der Waals surface area contributed by atoms with E-state index in [0.29, 0.717) is 18.6 Å². The van der Waals surface area contributed by atoms with Gasteiger partial charge in [-0.25, -0.2) is 0 Å². The zero-order chi connectivity index (χ0) is 13.9. The summed E-state index contributed by atoms with van der Waals surface area (Å²) in [6, 6.07) is 8.65. The molecule has 3 rings (SSSR count). The highest BCUT2D eigenvalue weighted by molar-refractivity contribution is 5.81. The minimum absolute atomic E-state index is 0.218. The Morgan fingerprint density at radius 1 is 1.20 bits per heavy atom. The summed E-state index contributed by atoms with van der Waals surface area (Å²) in [6.07, 6.45) is 8.05. The highest BCUT2D eigenvalue weighted by atomic mass is 16.5. The van der Waals surface area contributed by atoms with Crippen LogP contribution in [-0.2, 0) is 4.79 Å². The van der Waals surface area contributed by atoms with E-state index < -0.39 is 0 Å². The Hall–Kier alpha value is -1.61. The number of ether oxygens (including phenoxy) is 1. The van der Waals surface area contributed by atoms with Crippen molar-refractivity contribution in [1.29, 1.82) is 0 Å². The molecule has 1 fully saturated rings. The number of methoxy groups -OCH3 is 1. The fourth-order valence-corrected chi connectivity index (χ4v) is 3.28. The van der Waals surface area contributed by atoms with E-state index in [1.807, 2.05) is 12.1 Å². The van der Waals surface area contributed by atoms with E-state index in [-0.39, 0.29) is 12.1 Å². The normalized spacial score (nSPS) is 26.9. The number of nitrogens with zero attached hydrogens (tertiary/aromatic N) is 1. The molecule has 1 saturated heterocycles.